The highest BCUT2D eigenvalue weighted by Gasteiger charge is 2.45. The lowest BCUT2D eigenvalue weighted by Gasteiger charge is -2.20. The zero-order valence-electron chi connectivity index (χ0n) is 18.6. The molecule has 0 radical (unpaired) electrons. The molecule has 2 unspecified atom stereocenters. The SMILES string of the molecule is CCOC(=O)c1cc(C(O)c2ccc(N3CC(C)C(F)(F)C3)nc2CC)nn1C(C)C. The number of pyridine rings is 1. The van der Waals surface area contributed by atoms with E-state index in [1.54, 1.807) is 24.0 Å². The Morgan fingerprint density at radius 3 is 2.61 bits per heavy atom. The van der Waals surface area contributed by atoms with E-state index in [1.807, 2.05) is 20.8 Å². The van der Waals surface area contributed by atoms with Crippen molar-refractivity contribution in [2.24, 2.45) is 5.92 Å². The summed E-state index contributed by atoms with van der Waals surface area (Å²) < 4.78 is 34.5. The molecule has 0 bridgehead atoms. The number of hydrogen-bond donors (Lipinski definition) is 1. The Bertz CT molecular complexity index is 945. The summed E-state index contributed by atoms with van der Waals surface area (Å²) in [6.07, 6.45) is -0.598. The first-order valence-corrected chi connectivity index (χ1v) is 10.7. The average Bonchev–Trinajstić information content (AvgIpc) is 3.28. The Kier molecular flexibility index (Phi) is 6.64. The number of aromatic nitrogens is 3. The fraction of sp³-hybridized carbons (Fsp3) is 0.591. The molecule has 7 nitrogen and oxygen atoms in total. The Labute approximate surface area is 181 Å². The molecule has 2 aromatic rings. The highest BCUT2D eigenvalue weighted by Crippen LogP contribution is 2.36. The van der Waals surface area contributed by atoms with Crippen molar-refractivity contribution >= 4 is 11.8 Å². The number of aliphatic hydroxyl groups is 1. The fourth-order valence-corrected chi connectivity index (χ4v) is 3.78. The first-order valence-electron chi connectivity index (χ1n) is 10.7. The van der Waals surface area contributed by atoms with Gasteiger partial charge in [-0.1, -0.05) is 19.9 Å². The molecule has 3 rings (SSSR count). The summed E-state index contributed by atoms with van der Waals surface area (Å²) in [7, 11) is 0. The molecule has 31 heavy (non-hydrogen) atoms. The number of esters is 1. The van der Waals surface area contributed by atoms with Crippen LogP contribution in [0.5, 0.6) is 0 Å². The minimum Gasteiger partial charge on any atom is -0.461 e. The molecule has 0 amide bonds. The van der Waals surface area contributed by atoms with E-state index in [-0.39, 0.29) is 31.4 Å². The van der Waals surface area contributed by atoms with Crippen LogP contribution in [0.1, 0.15) is 74.2 Å². The Morgan fingerprint density at radius 2 is 2.06 bits per heavy atom. The number of carbonyl (C=O) groups is 1. The molecule has 0 aromatic carbocycles. The number of halogens is 2. The van der Waals surface area contributed by atoms with E-state index < -0.39 is 23.9 Å². The van der Waals surface area contributed by atoms with Gasteiger partial charge in [-0.2, -0.15) is 5.10 Å². The van der Waals surface area contributed by atoms with E-state index in [0.29, 0.717) is 29.2 Å². The highest BCUT2D eigenvalue weighted by atomic mass is 19.3. The number of rotatable bonds is 7. The molecule has 2 atom stereocenters. The van der Waals surface area contributed by atoms with Crippen LogP contribution in [0, 0.1) is 5.92 Å². The summed E-state index contributed by atoms with van der Waals surface area (Å²) in [4.78, 5) is 18.4. The third-order valence-electron chi connectivity index (χ3n) is 5.57. The van der Waals surface area contributed by atoms with Crippen LogP contribution in [0.25, 0.3) is 0 Å². The molecule has 2 aromatic heterocycles. The van der Waals surface area contributed by atoms with Crippen LogP contribution < -0.4 is 4.90 Å². The maximum absolute atomic E-state index is 14.0. The minimum atomic E-state index is -2.75. The lowest BCUT2D eigenvalue weighted by Crippen LogP contribution is -2.27. The highest BCUT2D eigenvalue weighted by molar-refractivity contribution is 5.87. The lowest BCUT2D eigenvalue weighted by atomic mass is 10.0. The zero-order chi connectivity index (χ0) is 22.9. The summed E-state index contributed by atoms with van der Waals surface area (Å²) in [6, 6.07) is 4.77. The quantitative estimate of drug-likeness (QED) is 0.666. The van der Waals surface area contributed by atoms with Gasteiger partial charge in [-0.25, -0.2) is 18.6 Å². The normalized spacial score (nSPS) is 19.1. The van der Waals surface area contributed by atoms with Crippen LogP contribution in [0.2, 0.25) is 0 Å². The van der Waals surface area contributed by atoms with Gasteiger partial charge in [0.2, 0.25) is 0 Å². The van der Waals surface area contributed by atoms with Gasteiger partial charge in [0, 0.05) is 29.8 Å². The number of anilines is 1. The Hall–Kier alpha value is -2.55. The predicted octanol–water partition coefficient (Wildman–Crippen LogP) is 3.77. The molecule has 1 aliphatic heterocycles. The van der Waals surface area contributed by atoms with Crippen molar-refractivity contribution in [1.82, 2.24) is 14.8 Å². The standard InChI is InChI=1S/C22H30F2N4O3/c1-6-16-15(8-9-19(25-16)27-11-14(5)22(23,24)12-27)20(29)17-10-18(21(30)31-7-2)28(26-17)13(3)4/h8-10,13-14,20,29H,6-7,11-12H2,1-5H3. The summed E-state index contributed by atoms with van der Waals surface area (Å²) in [5.74, 6) is -3.53. The van der Waals surface area contributed by atoms with Crippen molar-refractivity contribution < 1.29 is 23.4 Å². The van der Waals surface area contributed by atoms with Gasteiger partial charge >= 0.3 is 5.97 Å². The Morgan fingerprint density at radius 1 is 1.35 bits per heavy atom. The van der Waals surface area contributed by atoms with E-state index in [0.717, 1.165) is 0 Å². The van der Waals surface area contributed by atoms with Gasteiger partial charge in [-0.05, 0) is 39.3 Å². The van der Waals surface area contributed by atoms with Crippen molar-refractivity contribution in [2.75, 3.05) is 24.6 Å². The number of nitrogens with zero attached hydrogens (tertiary/aromatic N) is 4. The topological polar surface area (TPSA) is 80.5 Å². The summed E-state index contributed by atoms with van der Waals surface area (Å²) >= 11 is 0. The molecule has 170 valence electrons. The van der Waals surface area contributed by atoms with Crippen LogP contribution in [0.15, 0.2) is 18.2 Å². The van der Waals surface area contributed by atoms with Gasteiger partial charge in [-0.15, -0.1) is 0 Å². The fourth-order valence-electron chi connectivity index (χ4n) is 3.78. The van der Waals surface area contributed by atoms with Crippen molar-refractivity contribution in [3.63, 3.8) is 0 Å². The summed E-state index contributed by atoms with van der Waals surface area (Å²) in [6.45, 7) is 9.01. The number of carbonyl (C=O) groups excluding carboxylic acids is 1. The van der Waals surface area contributed by atoms with Crippen molar-refractivity contribution in [3.8, 4) is 0 Å². The second-order valence-electron chi connectivity index (χ2n) is 8.22. The molecule has 1 saturated heterocycles. The Balaban J connectivity index is 1.92. The number of aryl methyl sites for hydroxylation is 1. The third-order valence-corrected chi connectivity index (χ3v) is 5.57. The molecule has 1 fully saturated rings. The molecule has 0 aliphatic carbocycles. The van der Waals surface area contributed by atoms with Crippen LogP contribution in [-0.2, 0) is 11.2 Å². The second kappa shape index (κ2) is 8.90. The maximum Gasteiger partial charge on any atom is 0.356 e. The number of aliphatic hydroxyl groups excluding tert-OH is 1. The van der Waals surface area contributed by atoms with Gasteiger partial charge in [0.1, 0.15) is 17.6 Å². The van der Waals surface area contributed by atoms with Crippen molar-refractivity contribution in [3.05, 3.63) is 40.8 Å². The largest absolute Gasteiger partial charge is 0.461 e. The average molecular weight is 437 g/mol. The van der Waals surface area contributed by atoms with Gasteiger partial charge in [-0.3, -0.25) is 4.68 Å². The predicted molar refractivity (Wildman–Crippen MR) is 113 cm³/mol. The second-order valence-corrected chi connectivity index (χ2v) is 8.22. The molecule has 0 spiro atoms. The lowest BCUT2D eigenvalue weighted by molar-refractivity contribution is -0.0138. The summed E-state index contributed by atoms with van der Waals surface area (Å²) in [5.41, 5.74) is 1.71. The van der Waals surface area contributed by atoms with Gasteiger partial charge < -0.3 is 14.7 Å². The number of ether oxygens (including phenoxy) is 1. The van der Waals surface area contributed by atoms with Crippen molar-refractivity contribution in [1.29, 1.82) is 0 Å². The van der Waals surface area contributed by atoms with Crippen molar-refractivity contribution in [2.45, 2.75) is 59.1 Å². The minimum absolute atomic E-state index is 0.106. The molecule has 0 saturated carbocycles. The molecule has 9 heteroatoms. The molecular formula is C22H30F2N4O3. The summed E-state index contributed by atoms with van der Waals surface area (Å²) in [5, 5.41) is 15.4. The third kappa shape index (κ3) is 4.56. The van der Waals surface area contributed by atoms with Crippen LogP contribution >= 0.6 is 0 Å². The maximum atomic E-state index is 14.0. The van der Waals surface area contributed by atoms with Gasteiger partial charge in [0.05, 0.1) is 18.8 Å². The smallest absolute Gasteiger partial charge is 0.356 e. The number of alkyl halides is 2. The van der Waals surface area contributed by atoms with E-state index >= 15 is 0 Å². The van der Waals surface area contributed by atoms with Gasteiger partial charge in [0.25, 0.3) is 5.92 Å². The van der Waals surface area contributed by atoms with E-state index in [2.05, 4.69) is 10.1 Å². The van der Waals surface area contributed by atoms with Crippen LogP contribution in [0.4, 0.5) is 14.6 Å². The monoisotopic (exact) mass is 436 g/mol. The van der Waals surface area contributed by atoms with E-state index in [9.17, 15) is 18.7 Å². The van der Waals surface area contributed by atoms with Gasteiger partial charge in [0.15, 0.2) is 0 Å². The molecule has 3 heterocycles. The number of hydrogen-bond acceptors (Lipinski definition) is 6. The van der Waals surface area contributed by atoms with E-state index in [1.165, 1.54) is 17.7 Å². The van der Waals surface area contributed by atoms with E-state index in [4.69, 9.17) is 4.74 Å². The first kappa shape index (κ1) is 23.1. The van der Waals surface area contributed by atoms with Crippen LogP contribution in [0.3, 0.4) is 0 Å². The molecule has 1 N–H and O–H groups in total. The first-order chi connectivity index (χ1) is 14.6. The molecule has 1 aliphatic rings. The molecular weight excluding hydrogens is 406 g/mol. The zero-order valence-corrected chi connectivity index (χ0v) is 18.6. The van der Waals surface area contributed by atoms with Crippen LogP contribution in [-0.4, -0.2) is 51.5 Å².